The number of rotatable bonds is 4. The van der Waals surface area contributed by atoms with E-state index in [0.29, 0.717) is 0 Å². The monoisotopic (exact) mass is 451 g/mol. The zero-order valence-electron chi connectivity index (χ0n) is 15.5. The Morgan fingerprint density at radius 3 is 2.25 bits per heavy atom. The van der Waals surface area contributed by atoms with Gasteiger partial charge in [-0.25, -0.2) is 5.01 Å². The third kappa shape index (κ3) is 4.43. The second-order valence-corrected chi connectivity index (χ2v) is 8.17. The van der Waals surface area contributed by atoms with E-state index in [1.165, 1.54) is 11.1 Å². The Kier molecular flexibility index (Phi) is 6.05. The number of halogens is 1. The Morgan fingerprint density at radius 2 is 1.57 bits per heavy atom. The van der Waals surface area contributed by atoms with Gasteiger partial charge in [0.05, 0.1) is 6.04 Å². The molecule has 1 unspecified atom stereocenters. The summed E-state index contributed by atoms with van der Waals surface area (Å²) in [6, 6.07) is 29.5. The van der Waals surface area contributed by atoms with Crippen molar-refractivity contribution in [1.29, 1.82) is 0 Å². The molecular weight excluding hydrogens is 430 g/mol. The predicted molar refractivity (Wildman–Crippen MR) is 123 cm³/mol. The van der Waals surface area contributed by atoms with Crippen LogP contribution < -0.4 is 5.32 Å². The summed E-state index contributed by atoms with van der Waals surface area (Å²) in [7, 11) is 0. The summed E-state index contributed by atoms with van der Waals surface area (Å²) >= 11 is 9.37. The highest BCUT2D eigenvalue weighted by atomic mass is 79.9. The summed E-state index contributed by atoms with van der Waals surface area (Å²) in [6.07, 6.45) is 1.04. The number of hydrazine groups is 1. The largest absolute Gasteiger partial charge is 0.332 e. The zero-order valence-corrected chi connectivity index (χ0v) is 17.9. The number of hydrogen-bond acceptors (Lipinski definition) is 2. The molecule has 0 spiro atoms. The van der Waals surface area contributed by atoms with Crippen LogP contribution in [0.5, 0.6) is 0 Å². The fraction of sp³-hybridized carbons (Fsp3) is 0.174. The zero-order chi connectivity index (χ0) is 19.3. The van der Waals surface area contributed by atoms with Crippen LogP contribution >= 0.6 is 28.1 Å². The molecule has 1 N–H and O–H groups in total. The highest BCUT2D eigenvalue weighted by Crippen LogP contribution is 2.34. The molecule has 1 atom stereocenters. The van der Waals surface area contributed by atoms with Crippen molar-refractivity contribution in [2.75, 3.05) is 11.9 Å². The van der Waals surface area contributed by atoms with Gasteiger partial charge >= 0.3 is 0 Å². The van der Waals surface area contributed by atoms with Gasteiger partial charge in [-0.15, -0.1) is 0 Å². The molecule has 4 rings (SSSR count). The van der Waals surface area contributed by atoms with Crippen molar-refractivity contribution < 1.29 is 0 Å². The van der Waals surface area contributed by atoms with Crippen LogP contribution in [-0.2, 0) is 6.54 Å². The number of anilines is 1. The molecule has 142 valence electrons. The Hall–Kier alpha value is -2.21. The fourth-order valence-electron chi connectivity index (χ4n) is 3.61. The molecule has 0 radical (unpaired) electrons. The van der Waals surface area contributed by atoms with E-state index in [-0.39, 0.29) is 6.04 Å². The molecule has 0 aromatic heterocycles. The summed E-state index contributed by atoms with van der Waals surface area (Å²) in [5, 5.41) is 8.74. The minimum Gasteiger partial charge on any atom is -0.332 e. The summed E-state index contributed by atoms with van der Waals surface area (Å²) in [5.41, 5.74) is 3.57. The van der Waals surface area contributed by atoms with Gasteiger partial charge in [-0.1, -0.05) is 76.6 Å². The van der Waals surface area contributed by atoms with Crippen LogP contribution in [0.15, 0.2) is 89.4 Å². The van der Waals surface area contributed by atoms with Crippen molar-refractivity contribution in [1.82, 2.24) is 10.0 Å². The molecular formula is C23H22BrN3S. The molecule has 1 aliphatic heterocycles. The normalized spacial score (nSPS) is 16.9. The van der Waals surface area contributed by atoms with Crippen LogP contribution in [0.4, 0.5) is 5.69 Å². The molecule has 0 bridgehead atoms. The molecule has 28 heavy (non-hydrogen) atoms. The minimum atomic E-state index is 0.236. The molecule has 0 amide bonds. The Morgan fingerprint density at radius 1 is 0.929 bits per heavy atom. The Balaban J connectivity index is 1.59. The van der Waals surface area contributed by atoms with Crippen molar-refractivity contribution in [3.63, 3.8) is 0 Å². The molecule has 3 nitrogen and oxygen atoms in total. The van der Waals surface area contributed by atoms with Crippen molar-refractivity contribution in [3.8, 4) is 0 Å². The highest BCUT2D eigenvalue weighted by Gasteiger charge is 2.34. The number of hydrogen-bond donors (Lipinski definition) is 1. The van der Waals surface area contributed by atoms with Crippen LogP contribution in [0.3, 0.4) is 0 Å². The van der Waals surface area contributed by atoms with Crippen molar-refractivity contribution >= 4 is 38.9 Å². The van der Waals surface area contributed by atoms with E-state index in [0.717, 1.165) is 34.8 Å². The molecule has 3 aromatic rings. The lowest BCUT2D eigenvalue weighted by Crippen LogP contribution is -2.44. The molecule has 1 saturated heterocycles. The van der Waals surface area contributed by atoms with Gasteiger partial charge in [-0.3, -0.25) is 5.01 Å². The van der Waals surface area contributed by atoms with Crippen LogP contribution in [0.25, 0.3) is 0 Å². The SMILES string of the molecule is S=C(Nc1ccccc1)N1C(c2ccccc2)CCN1Cc1ccc(Br)cc1. The second kappa shape index (κ2) is 8.86. The first-order valence-corrected chi connectivity index (χ1v) is 10.6. The number of para-hydroxylation sites is 1. The smallest absolute Gasteiger partial charge is 0.188 e. The fourth-order valence-corrected chi connectivity index (χ4v) is 4.23. The lowest BCUT2D eigenvalue weighted by molar-refractivity contribution is 0.0692. The highest BCUT2D eigenvalue weighted by molar-refractivity contribution is 9.10. The predicted octanol–water partition coefficient (Wildman–Crippen LogP) is 6.01. The third-order valence-corrected chi connectivity index (χ3v) is 5.77. The molecule has 0 saturated carbocycles. The van der Waals surface area contributed by atoms with Gasteiger partial charge in [-0.2, -0.15) is 0 Å². The van der Waals surface area contributed by atoms with Crippen LogP contribution in [0.1, 0.15) is 23.6 Å². The molecule has 3 aromatic carbocycles. The van der Waals surface area contributed by atoms with Gasteiger partial charge in [0, 0.05) is 23.2 Å². The molecule has 0 aliphatic carbocycles. The van der Waals surface area contributed by atoms with Gasteiger partial charge in [0.15, 0.2) is 5.11 Å². The Bertz CT molecular complexity index is 916. The summed E-state index contributed by atoms with van der Waals surface area (Å²) in [6.45, 7) is 1.79. The van der Waals surface area contributed by atoms with E-state index in [2.05, 4.69) is 85.9 Å². The van der Waals surface area contributed by atoms with E-state index in [1.807, 2.05) is 30.3 Å². The van der Waals surface area contributed by atoms with Gasteiger partial charge in [0.2, 0.25) is 0 Å². The maximum absolute atomic E-state index is 5.85. The average molecular weight is 452 g/mol. The number of thiocarbonyl (C=S) groups is 1. The van der Waals surface area contributed by atoms with Crippen molar-refractivity contribution in [3.05, 3.63) is 101 Å². The van der Waals surface area contributed by atoms with Crippen LogP contribution in [0.2, 0.25) is 0 Å². The quantitative estimate of drug-likeness (QED) is 0.489. The lowest BCUT2D eigenvalue weighted by atomic mass is 10.1. The van der Waals surface area contributed by atoms with Gasteiger partial charge < -0.3 is 5.32 Å². The maximum Gasteiger partial charge on any atom is 0.188 e. The minimum absolute atomic E-state index is 0.236. The number of nitrogens with one attached hydrogen (secondary N) is 1. The van der Waals surface area contributed by atoms with Gasteiger partial charge in [0.1, 0.15) is 0 Å². The Labute approximate surface area is 180 Å². The van der Waals surface area contributed by atoms with Gasteiger partial charge in [-0.05, 0) is 54.0 Å². The first kappa shape index (κ1) is 19.1. The summed E-state index contributed by atoms with van der Waals surface area (Å²) in [4.78, 5) is 0. The average Bonchev–Trinajstić information content (AvgIpc) is 3.15. The van der Waals surface area contributed by atoms with Gasteiger partial charge in [0.25, 0.3) is 0 Å². The molecule has 1 aliphatic rings. The van der Waals surface area contributed by atoms with Crippen LogP contribution in [0, 0.1) is 0 Å². The summed E-state index contributed by atoms with van der Waals surface area (Å²) in [5.74, 6) is 0. The number of nitrogens with zero attached hydrogens (tertiary/aromatic N) is 2. The number of benzene rings is 3. The van der Waals surface area contributed by atoms with E-state index >= 15 is 0 Å². The van der Waals surface area contributed by atoms with E-state index in [1.54, 1.807) is 0 Å². The van der Waals surface area contributed by atoms with E-state index < -0.39 is 0 Å². The maximum atomic E-state index is 5.85. The molecule has 1 fully saturated rings. The first-order chi connectivity index (χ1) is 13.7. The lowest BCUT2D eigenvalue weighted by Gasteiger charge is -2.35. The first-order valence-electron chi connectivity index (χ1n) is 9.40. The van der Waals surface area contributed by atoms with Crippen molar-refractivity contribution in [2.24, 2.45) is 0 Å². The standard InChI is InChI=1S/C23H22BrN3S/c24-20-13-11-18(12-14-20)17-26-16-15-22(19-7-3-1-4-8-19)27(26)23(28)25-21-9-5-2-6-10-21/h1-14,22H,15-17H2,(H,25,28). The van der Waals surface area contributed by atoms with E-state index in [9.17, 15) is 0 Å². The second-order valence-electron chi connectivity index (χ2n) is 6.87. The molecule has 1 heterocycles. The van der Waals surface area contributed by atoms with Crippen LogP contribution in [-0.4, -0.2) is 21.7 Å². The third-order valence-electron chi connectivity index (χ3n) is 4.96. The van der Waals surface area contributed by atoms with Crippen molar-refractivity contribution in [2.45, 2.75) is 19.0 Å². The van der Waals surface area contributed by atoms with E-state index in [4.69, 9.17) is 12.2 Å². The summed E-state index contributed by atoms with van der Waals surface area (Å²) < 4.78 is 1.10. The topological polar surface area (TPSA) is 18.5 Å². The molecule has 5 heteroatoms.